The van der Waals surface area contributed by atoms with Gasteiger partial charge in [0.1, 0.15) is 0 Å². The van der Waals surface area contributed by atoms with Crippen molar-refractivity contribution in [3.8, 4) is 0 Å². The van der Waals surface area contributed by atoms with Crippen LogP contribution in [0.25, 0.3) is 0 Å². The highest BCUT2D eigenvalue weighted by atomic mass is 16.5. The number of unbranched alkanes of at least 4 members (excludes halogenated alkanes) is 2. The number of aryl methyl sites for hydroxylation is 2. The van der Waals surface area contributed by atoms with Crippen LogP contribution in [0.5, 0.6) is 0 Å². The van der Waals surface area contributed by atoms with Crippen LogP contribution in [0.3, 0.4) is 0 Å². The SMILES string of the molecule is CCC/C=C/C[C@@H]1[C@@H](/C=C/[C@@H](O)CCc2ccccc2)[C@H](O)C[C@@H]1O.CCN.CCNC(=O)CCC/C=C/C[C@@H]1[C@@H](/C=C/[C@@H](O)CCc2ccccc2)[C@H](O)C[C@@H]1O.COC=O. The average molecular weight is 865 g/mol. The van der Waals surface area contributed by atoms with Gasteiger partial charge in [0.2, 0.25) is 5.91 Å². The zero-order valence-corrected chi connectivity index (χ0v) is 37.8. The summed E-state index contributed by atoms with van der Waals surface area (Å²) in [5, 5.41) is 64.4. The molecule has 2 aromatic rings. The maximum absolute atomic E-state index is 11.4. The van der Waals surface area contributed by atoms with Gasteiger partial charge in [-0.2, -0.15) is 0 Å². The third-order valence-corrected chi connectivity index (χ3v) is 10.9. The van der Waals surface area contributed by atoms with Crippen molar-refractivity contribution in [3.63, 3.8) is 0 Å². The van der Waals surface area contributed by atoms with E-state index in [0.29, 0.717) is 51.5 Å². The number of hydrogen-bond acceptors (Lipinski definition) is 10. The number of rotatable bonds is 22. The van der Waals surface area contributed by atoms with E-state index in [4.69, 9.17) is 10.5 Å². The number of nitrogens with one attached hydrogen (secondary N) is 1. The second-order valence-electron chi connectivity index (χ2n) is 16.0. The number of aliphatic hydroxyl groups excluding tert-OH is 6. The van der Waals surface area contributed by atoms with Gasteiger partial charge in [-0.1, -0.05) is 130 Å². The molecular formula is C51H80N2O9. The molecule has 0 unspecified atom stereocenters. The van der Waals surface area contributed by atoms with Crippen LogP contribution in [0.2, 0.25) is 0 Å². The average Bonchev–Trinajstić information content (AvgIpc) is 3.70. The Bertz CT molecular complexity index is 1520. The molecule has 0 heterocycles. The smallest absolute Gasteiger partial charge is 0.292 e. The number of methoxy groups -OCH3 is 1. The number of nitrogens with two attached hydrogens (primary N) is 1. The number of hydrogen-bond donors (Lipinski definition) is 8. The van der Waals surface area contributed by atoms with Gasteiger partial charge >= 0.3 is 0 Å². The number of amides is 1. The van der Waals surface area contributed by atoms with E-state index in [1.807, 2.05) is 86.7 Å². The van der Waals surface area contributed by atoms with Crippen LogP contribution < -0.4 is 11.1 Å². The summed E-state index contributed by atoms with van der Waals surface area (Å²) in [7, 11) is 1.31. The molecule has 62 heavy (non-hydrogen) atoms. The van der Waals surface area contributed by atoms with Crippen molar-refractivity contribution < 1.29 is 45.0 Å². The molecule has 10 atom stereocenters. The molecule has 0 radical (unpaired) electrons. The lowest BCUT2D eigenvalue weighted by molar-refractivity contribution is -0.126. The normalized spacial score (nSPS) is 24.2. The first-order valence-corrected chi connectivity index (χ1v) is 22.7. The fraction of sp³-hybridized carbons (Fsp3) is 0.569. The third-order valence-electron chi connectivity index (χ3n) is 10.9. The Hall–Kier alpha value is -3.94. The molecule has 2 fully saturated rings. The van der Waals surface area contributed by atoms with Gasteiger partial charge < -0.3 is 46.4 Å². The Morgan fingerprint density at radius 2 is 1.15 bits per heavy atom. The van der Waals surface area contributed by atoms with Crippen LogP contribution in [0.1, 0.15) is 103 Å². The summed E-state index contributed by atoms with van der Waals surface area (Å²) in [6.07, 6.45) is 21.9. The van der Waals surface area contributed by atoms with Crippen LogP contribution in [0.4, 0.5) is 0 Å². The van der Waals surface area contributed by atoms with Gasteiger partial charge in [-0.3, -0.25) is 9.59 Å². The first kappa shape index (κ1) is 56.1. The molecule has 2 aromatic carbocycles. The third kappa shape index (κ3) is 24.6. The van der Waals surface area contributed by atoms with E-state index in [2.05, 4.69) is 41.3 Å². The van der Waals surface area contributed by atoms with E-state index in [0.717, 1.165) is 51.5 Å². The van der Waals surface area contributed by atoms with Crippen LogP contribution in [0, 0.1) is 23.7 Å². The maximum atomic E-state index is 11.4. The lowest BCUT2D eigenvalue weighted by Gasteiger charge is -2.19. The van der Waals surface area contributed by atoms with E-state index in [1.165, 1.54) is 18.2 Å². The minimum absolute atomic E-state index is 0.0284. The molecule has 9 N–H and O–H groups in total. The number of allylic oxidation sites excluding steroid dienone is 4. The summed E-state index contributed by atoms with van der Waals surface area (Å²) < 4.78 is 3.86. The number of aliphatic hydroxyl groups is 6. The maximum Gasteiger partial charge on any atom is 0.292 e. The highest BCUT2D eigenvalue weighted by Gasteiger charge is 2.40. The predicted molar refractivity (Wildman–Crippen MR) is 250 cm³/mol. The van der Waals surface area contributed by atoms with Gasteiger partial charge in [0.05, 0.1) is 43.7 Å². The van der Waals surface area contributed by atoms with E-state index < -0.39 is 36.6 Å². The Balaban J connectivity index is 0.000000545. The largest absolute Gasteiger partial charge is 0.471 e. The molecule has 0 saturated heterocycles. The molecule has 2 saturated carbocycles. The molecule has 0 spiro atoms. The van der Waals surface area contributed by atoms with Gasteiger partial charge in [-0.25, -0.2) is 0 Å². The fourth-order valence-corrected chi connectivity index (χ4v) is 7.61. The van der Waals surface area contributed by atoms with Crippen LogP contribution in [0.15, 0.2) is 109 Å². The zero-order chi connectivity index (χ0) is 46.0. The van der Waals surface area contributed by atoms with Gasteiger partial charge in [-0.05, 0) is 94.2 Å². The Kier molecular flexibility index (Phi) is 32.1. The van der Waals surface area contributed by atoms with Gasteiger partial charge in [0.25, 0.3) is 6.47 Å². The molecule has 2 aliphatic rings. The number of carbonyl (C=O) groups excluding carboxylic acids is 2. The topological polar surface area (TPSA) is 203 Å². The van der Waals surface area contributed by atoms with Gasteiger partial charge in [0, 0.05) is 37.6 Å². The minimum Gasteiger partial charge on any atom is -0.471 e. The second-order valence-corrected chi connectivity index (χ2v) is 16.0. The molecule has 0 bridgehead atoms. The van der Waals surface area contributed by atoms with Crippen molar-refractivity contribution in [3.05, 3.63) is 120 Å². The summed E-state index contributed by atoms with van der Waals surface area (Å²) >= 11 is 0. The quantitative estimate of drug-likeness (QED) is 0.0365. The molecule has 2 aliphatic carbocycles. The van der Waals surface area contributed by atoms with Gasteiger partial charge in [0.15, 0.2) is 0 Å². The van der Waals surface area contributed by atoms with E-state index in [9.17, 15) is 35.4 Å². The summed E-state index contributed by atoms with van der Waals surface area (Å²) in [5.74, 6) is -0.201. The lowest BCUT2D eigenvalue weighted by atomic mass is 9.89. The van der Waals surface area contributed by atoms with Gasteiger partial charge in [-0.15, -0.1) is 0 Å². The van der Waals surface area contributed by atoms with Crippen LogP contribution >= 0.6 is 0 Å². The van der Waals surface area contributed by atoms with E-state index in [1.54, 1.807) is 12.2 Å². The Morgan fingerprint density at radius 1 is 0.726 bits per heavy atom. The lowest BCUT2D eigenvalue weighted by Crippen LogP contribution is -2.21. The monoisotopic (exact) mass is 865 g/mol. The molecular weight excluding hydrogens is 785 g/mol. The van der Waals surface area contributed by atoms with Crippen molar-refractivity contribution in [2.24, 2.45) is 29.4 Å². The molecule has 0 aromatic heterocycles. The Labute approximate surface area is 372 Å². The van der Waals surface area contributed by atoms with Crippen molar-refractivity contribution in [1.82, 2.24) is 5.32 Å². The summed E-state index contributed by atoms with van der Waals surface area (Å²) in [6, 6.07) is 20.2. The first-order valence-electron chi connectivity index (χ1n) is 22.7. The Morgan fingerprint density at radius 3 is 1.53 bits per heavy atom. The van der Waals surface area contributed by atoms with Crippen LogP contribution in [-0.4, -0.2) is 99.8 Å². The zero-order valence-electron chi connectivity index (χ0n) is 37.8. The molecule has 11 heteroatoms. The predicted octanol–water partition coefficient (Wildman–Crippen LogP) is 6.54. The second kappa shape index (κ2) is 35.5. The first-order chi connectivity index (χ1) is 29.9. The van der Waals surface area contributed by atoms with Crippen molar-refractivity contribution in [2.75, 3.05) is 20.2 Å². The van der Waals surface area contributed by atoms with Crippen molar-refractivity contribution in [1.29, 1.82) is 0 Å². The van der Waals surface area contributed by atoms with E-state index >= 15 is 0 Å². The standard InChI is InChI=1S/C25H37NO4.C22H32O3.C2H7N.C2H4O2/c1-2-26-25(30)13-9-4-3-8-12-21-22(24(29)18-23(21)28)17-16-20(27)15-14-19-10-6-5-7-11-19;1-2-3-4-8-11-19-20(22(25)16-21(19)24)15-14-18(23)13-12-17-9-6-5-7-10-17;1-2-3;1-4-2-3/h3,5-8,10-11,16-17,20-24,27-29H,2,4,9,12-15,18H2,1H3,(H,26,30);4-10,14-15,18-25H,2-3,11-13,16H2,1H3;2-3H2,1H3;2H,1H3/b8-3+,17-16+;8-4+,15-14+;;/t20-,21+,22+,23-,24+;18-,19+,20+,21-,22+;;/m00../s1. The fourth-order valence-electron chi connectivity index (χ4n) is 7.61. The molecule has 348 valence electrons. The molecule has 11 nitrogen and oxygen atoms in total. The highest BCUT2D eigenvalue weighted by Crippen LogP contribution is 2.37. The molecule has 0 aliphatic heterocycles. The van der Waals surface area contributed by atoms with Crippen LogP contribution in [-0.2, 0) is 27.2 Å². The number of benzene rings is 2. The summed E-state index contributed by atoms with van der Waals surface area (Å²) in [6.45, 7) is 7.74. The van der Waals surface area contributed by atoms with Crippen molar-refractivity contribution >= 4 is 12.4 Å². The summed E-state index contributed by atoms with van der Waals surface area (Å²) in [5.41, 5.74) is 7.25. The van der Waals surface area contributed by atoms with Crippen molar-refractivity contribution in [2.45, 2.75) is 141 Å². The number of carbonyl (C=O) groups is 2. The van der Waals surface area contributed by atoms with E-state index in [-0.39, 0.29) is 29.6 Å². The highest BCUT2D eigenvalue weighted by molar-refractivity contribution is 5.75. The molecule has 1 amide bonds. The minimum atomic E-state index is -0.589. The summed E-state index contributed by atoms with van der Waals surface area (Å²) in [4.78, 5) is 20.4. The number of ether oxygens (including phenoxy) is 1. The molecule has 4 rings (SSSR count).